The van der Waals surface area contributed by atoms with Crippen molar-refractivity contribution in [2.24, 2.45) is 5.92 Å². The highest BCUT2D eigenvalue weighted by molar-refractivity contribution is 4.83. The van der Waals surface area contributed by atoms with Gasteiger partial charge in [-0.25, -0.2) is 0 Å². The summed E-state index contributed by atoms with van der Waals surface area (Å²) in [6, 6.07) is 0. The van der Waals surface area contributed by atoms with Gasteiger partial charge >= 0.3 is 0 Å². The first-order valence-corrected chi connectivity index (χ1v) is 6.76. The smallest absolute Gasteiger partial charge is 0.230 e. The minimum atomic E-state index is 0.368. The van der Waals surface area contributed by atoms with E-state index in [4.69, 9.17) is 9.15 Å². The van der Waals surface area contributed by atoms with Gasteiger partial charge in [-0.05, 0) is 18.8 Å². The van der Waals surface area contributed by atoms with Crippen molar-refractivity contribution in [1.82, 2.24) is 15.1 Å². The summed E-state index contributed by atoms with van der Waals surface area (Å²) in [5.41, 5.74) is 0. The van der Waals surface area contributed by atoms with Crippen molar-refractivity contribution in [3.8, 4) is 0 Å². The molecule has 102 valence electrons. The predicted octanol–water partition coefficient (Wildman–Crippen LogP) is 2.02. The zero-order chi connectivity index (χ0) is 13.0. The molecule has 5 nitrogen and oxygen atoms in total. The molecule has 0 bridgehead atoms. The number of likely N-dealkylation sites (tertiary alicyclic amines) is 1. The van der Waals surface area contributed by atoms with Crippen molar-refractivity contribution in [2.45, 2.75) is 46.3 Å². The molecule has 0 N–H and O–H groups in total. The molecule has 2 heterocycles. The first-order valence-electron chi connectivity index (χ1n) is 6.76. The Morgan fingerprint density at radius 1 is 1.44 bits per heavy atom. The highest BCUT2D eigenvalue weighted by Gasteiger charge is 2.24. The second-order valence-corrected chi connectivity index (χ2v) is 5.41. The standard InChI is InChI=1S/C13H23N3O2/c1-10(2)5-7-17-12-4-6-16(8-12)9-13-15-14-11(3)18-13/h10,12H,4-9H2,1-3H3. The predicted molar refractivity (Wildman–Crippen MR) is 68.1 cm³/mol. The van der Waals surface area contributed by atoms with Crippen LogP contribution in [0, 0.1) is 12.8 Å². The van der Waals surface area contributed by atoms with E-state index in [9.17, 15) is 0 Å². The topological polar surface area (TPSA) is 51.4 Å². The van der Waals surface area contributed by atoms with Gasteiger partial charge in [0.25, 0.3) is 0 Å². The number of ether oxygens (including phenoxy) is 1. The van der Waals surface area contributed by atoms with E-state index in [1.807, 2.05) is 6.92 Å². The molecule has 0 radical (unpaired) electrons. The summed E-state index contributed by atoms with van der Waals surface area (Å²) in [5, 5.41) is 7.86. The van der Waals surface area contributed by atoms with Crippen molar-refractivity contribution in [2.75, 3.05) is 19.7 Å². The van der Waals surface area contributed by atoms with Gasteiger partial charge in [0.15, 0.2) is 0 Å². The molecule has 1 unspecified atom stereocenters. The average molecular weight is 253 g/mol. The summed E-state index contributed by atoms with van der Waals surface area (Å²) in [7, 11) is 0. The molecule has 1 aliphatic rings. The molecule has 1 aromatic rings. The van der Waals surface area contributed by atoms with Crippen molar-refractivity contribution in [1.29, 1.82) is 0 Å². The molecule has 1 saturated heterocycles. The Morgan fingerprint density at radius 3 is 2.94 bits per heavy atom. The van der Waals surface area contributed by atoms with Gasteiger partial charge in [0.1, 0.15) is 0 Å². The van der Waals surface area contributed by atoms with Crippen LogP contribution in [0.3, 0.4) is 0 Å². The van der Waals surface area contributed by atoms with Gasteiger partial charge in [0.2, 0.25) is 11.8 Å². The quantitative estimate of drug-likeness (QED) is 0.776. The third kappa shape index (κ3) is 4.07. The first-order chi connectivity index (χ1) is 8.63. The zero-order valence-corrected chi connectivity index (χ0v) is 11.6. The molecular weight excluding hydrogens is 230 g/mol. The number of hydrogen-bond donors (Lipinski definition) is 0. The maximum absolute atomic E-state index is 5.88. The van der Waals surface area contributed by atoms with Crippen LogP contribution in [-0.2, 0) is 11.3 Å². The Kier molecular flexibility index (Phi) is 4.72. The zero-order valence-electron chi connectivity index (χ0n) is 11.6. The fourth-order valence-electron chi connectivity index (χ4n) is 2.14. The summed E-state index contributed by atoms with van der Waals surface area (Å²) in [6.45, 7) is 9.90. The molecular formula is C13H23N3O2. The summed E-state index contributed by atoms with van der Waals surface area (Å²) >= 11 is 0. The van der Waals surface area contributed by atoms with Crippen LogP contribution >= 0.6 is 0 Å². The molecule has 0 saturated carbocycles. The molecule has 18 heavy (non-hydrogen) atoms. The normalized spacial score (nSPS) is 21.0. The fraction of sp³-hybridized carbons (Fsp3) is 0.846. The Hall–Kier alpha value is -0.940. The van der Waals surface area contributed by atoms with Crippen LogP contribution in [0.25, 0.3) is 0 Å². The SMILES string of the molecule is Cc1nnc(CN2CCC(OCCC(C)C)C2)o1. The average Bonchev–Trinajstić information content (AvgIpc) is 2.89. The van der Waals surface area contributed by atoms with Crippen LogP contribution in [0.4, 0.5) is 0 Å². The highest BCUT2D eigenvalue weighted by atomic mass is 16.5. The fourth-order valence-corrected chi connectivity index (χ4v) is 2.14. The Morgan fingerprint density at radius 2 is 2.28 bits per heavy atom. The van der Waals surface area contributed by atoms with Crippen LogP contribution in [-0.4, -0.2) is 40.9 Å². The van der Waals surface area contributed by atoms with Crippen LogP contribution in [0.5, 0.6) is 0 Å². The molecule has 0 spiro atoms. The third-order valence-corrected chi connectivity index (χ3v) is 3.20. The van der Waals surface area contributed by atoms with E-state index in [-0.39, 0.29) is 0 Å². The minimum Gasteiger partial charge on any atom is -0.424 e. The van der Waals surface area contributed by atoms with Crippen molar-refractivity contribution in [3.05, 3.63) is 11.8 Å². The molecule has 1 fully saturated rings. The Balaban J connectivity index is 1.68. The minimum absolute atomic E-state index is 0.368. The van der Waals surface area contributed by atoms with Crippen molar-refractivity contribution < 1.29 is 9.15 Å². The summed E-state index contributed by atoms with van der Waals surface area (Å²) in [5.74, 6) is 2.05. The van der Waals surface area contributed by atoms with E-state index in [0.29, 0.717) is 23.8 Å². The van der Waals surface area contributed by atoms with E-state index in [1.165, 1.54) is 0 Å². The van der Waals surface area contributed by atoms with E-state index < -0.39 is 0 Å². The van der Waals surface area contributed by atoms with Gasteiger partial charge in [-0.15, -0.1) is 10.2 Å². The number of nitrogens with zero attached hydrogens (tertiary/aromatic N) is 3. The van der Waals surface area contributed by atoms with Gasteiger partial charge in [-0.1, -0.05) is 13.8 Å². The number of aryl methyl sites for hydroxylation is 1. The molecule has 1 aliphatic heterocycles. The summed E-state index contributed by atoms with van der Waals surface area (Å²) in [4.78, 5) is 2.31. The maximum atomic E-state index is 5.88. The lowest BCUT2D eigenvalue weighted by molar-refractivity contribution is 0.0512. The van der Waals surface area contributed by atoms with E-state index in [0.717, 1.165) is 39.1 Å². The van der Waals surface area contributed by atoms with Gasteiger partial charge in [-0.2, -0.15) is 0 Å². The van der Waals surface area contributed by atoms with Gasteiger partial charge in [-0.3, -0.25) is 4.90 Å². The van der Waals surface area contributed by atoms with Gasteiger partial charge in [0.05, 0.1) is 12.6 Å². The van der Waals surface area contributed by atoms with Crippen LogP contribution in [0.2, 0.25) is 0 Å². The number of hydrogen-bond acceptors (Lipinski definition) is 5. The monoisotopic (exact) mass is 253 g/mol. The summed E-state index contributed by atoms with van der Waals surface area (Å²) < 4.78 is 11.3. The summed E-state index contributed by atoms with van der Waals surface area (Å²) in [6.07, 6.45) is 2.61. The van der Waals surface area contributed by atoms with Crippen LogP contribution in [0.15, 0.2) is 4.42 Å². The number of rotatable bonds is 6. The van der Waals surface area contributed by atoms with Crippen molar-refractivity contribution in [3.63, 3.8) is 0 Å². The Bertz CT molecular complexity index is 365. The lowest BCUT2D eigenvalue weighted by Gasteiger charge is -2.14. The van der Waals surface area contributed by atoms with Crippen LogP contribution < -0.4 is 0 Å². The first kappa shape index (κ1) is 13.5. The second kappa shape index (κ2) is 6.29. The van der Waals surface area contributed by atoms with Gasteiger partial charge < -0.3 is 9.15 Å². The highest BCUT2D eigenvalue weighted by Crippen LogP contribution is 2.16. The Labute approximate surface area is 109 Å². The molecule has 1 aromatic heterocycles. The molecule has 1 atom stereocenters. The molecule has 2 rings (SSSR count). The largest absolute Gasteiger partial charge is 0.424 e. The van der Waals surface area contributed by atoms with Crippen LogP contribution in [0.1, 0.15) is 38.5 Å². The number of aromatic nitrogens is 2. The third-order valence-electron chi connectivity index (χ3n) is 3.20. The molecule has 5 heteroatoms. The molecule has 0 aromatic carbocycles. The van der Waals surface area contributed by atoms with Crippen molar-refractivity contribution >= 4 is 0 Å². The van der Waals surface area contributed by atoms with E-state index in [1.54, 1.807) is 0 Å². The lowest BCUT2D eigenvalue weighted by atomic mass is 10.1. The molecule has 0 amide bonds. The van der Waals surface area contributed by atoms with Gasteiger partial charge in [0, 0.05) is 26.6 Å². The lowest BCUT2D eigenvalue weighted by Crippen LogP contribution is -2.23. The second-order valence-electron chi connectivity index (χ2n) is 5.41. The van der Waals surface area contributed by atoms with E-state index >= 15 is 0 Å². The molecule has 0 aliphatic carbocycles. The van der Waals surface area contributed by atoms with E-state index in [2.05, 4.69) is 28.9 Å². The maximum Gasteiger partial charge on any atom is 0.230 e.